The SMILES string of the molecule is CS(=O)(=O)N1CCN(C(=O)c2c[nH]c(=O)n(Cc3ccc4c(c3)OCO4)c2=O)CC1. The number of carbonyl (C=O) groups excluding carboxylic acids is 1. The van der Waals surface area contributed by atoms with E-state index in [4.69, 9.17) is 9.47 Å². The number of nitrogens with zero attached hydrogens (tertiary/aromatic N) is 3. The molecule has 160 valence electrons. The maximum absolute atomic E-state index is 12.9. The zero-order valence-corrected chi connectivity index (χ0v) is 17.0. The topological polar surface area (TPSA) is 131 Å². The van der Waals surface area contributed by atoms with Crippen molar-refractivity contribution in [2.45, 2.75) is 6.54 Å². The van der Waals surface area contributed by atoms with Gasteiger partial charge in [0.25, 0.3) is 11.5 Å². The molecule has 30 heavy (non-hydrogen) atoms. The fraction of sp³-hybridized carbons (Fsp3) is 0.389. The van der Waals surface area contributed by atoms with E-state index in [1.165, 1.54) is 9.21 Å². The van der Waals surface area contributed by atoms with Crippen molar-refractivity contribution in [3.05, 3.63) is 56.4 Å². The van der Waals surface area contributed by atoms with E-state index in [1.54, 1.807) is 18.2 Å². The van der Waals surface area contributed by atoms with Crippen molar-refractivity contribution in [2.75, 3.05) is 39.2 Å². The number of rotatable bonds is 4. The van der Waals surface area contributed by atoms with Crippen LogP contribution in [0, 0.1) is 0 Å². The average Bonchev–Trinajstić information content (AvgIpc) is 3.18. The summed E-state index contributed by atoms with van der Waals surface area (Å²) in [6.07, 6.45) is 2.22. The molecule has 2 aromatic rings. The molecule has 1 amide bonds. The zero-order chi connectivity index (χ0) is 21.5. The second-order valence-corrected chi connectivity index (χ2v) is 9.02. The number of sulfonamides is 1. The molecule has 2 aliphatic heterocycles. The second-order valence-electron chi connectivity index (χ2n) is 7.04. The summed E-state index contributed by atoms with van der Waals surface area (Å²) in [5, 5.41) is 0. The third kappa shape index (κ3) is 3.83. The lowest BCUT2D eigenvalue weighted by molar-refractivity contribution is 0.0695. The molecule has 12 heteroatoms. The Balaban J connectivity index is 1.56. The molecule has 4 rings (SSSR count). The molecule has 0 aliphatic carbocycles. The molecular formula is C18H20N4O7S. The summed E-state index contributed by atoms with van der Waals surface area (Å²) in [5.41, 5.74) is -0.899. The lowest BCUT2D eigenvalue weighted by Crippen LogP contribution is -2.51. The van der Waals surface area contributed by atoms with Crippen LogP contribution in [0.4, 0.5) is 0 Å². The Bertz CT molecular complexity index is 1210. The molecule has 0 atom stereocenters. The maximum atomic E-state index is 12.9. The summed E-state index contributed by atoms with van der Waals surface area (Å²) in [6, 6.07) is 5.07. The molecule has 0 radical (unpaired) electrons. The van der Waals surface area contributed by atoms with E-state index in [1.807, 2.05) is 0 Å². The number of benzene rings is 1. The molecule has 1 aromatic carbocycles. The van der Waals surface area contributed by atoms with Gasteiger partial charge in [0.05, 0.1) is 12.8 Å². The number of aromatic nitrogens is 2. The monoisotopic (exact) mass is 436 g/mol. The smallest absolute Gasteiger partial charge is 0.328 e. The van der Waals surface area contributed by atoms with Gasteiger partial charge in [-0.2, -0.15) is 4.31 Å². The largest absolute Gasteiger partial charge is 0.454 e. The van der Waals surface area contributed by atoms with Crippen molar-refractivity contribution >= 4 is 15.9 Å². The van der Waals surface area contributed by atoms with Gasteiger partial charge in [-0.3, -0.25) is 14.2 Å². The van der Waals surface area contributed by atoms with Crippen LogP contribution in [-0.4, -0.2) is 72.3 Å². The number of aromatic amines is 1. The molecule has 1 aromatic heterocycles. The number of fused-ring (bicyclic) bond motifs is 1. The summed E-state index contributed by atoms with van der Waals surface area (Å²) >= 11 is 0. The first-order valence-electron chi connectivity index (χ1n) is 9.19. The predicted molar refractivity (Wildman–Crippen MR) is 105 cm³/mol. The quantitative estimate of drug-likeness (QED) is 0.652. The van der Waals surface area contributed by atoms with Crippen LogP contribution in [0.1, 0.15) is 15.9 Å². The normalized spacial score (nSPS) is 16.6. The summed E-state index contributed by atoms with van der Waals surface area (Å²) in [7, 11) is -3.34. The van der Waals surface area contributed by atoms with Crippen LogP contribution in [0.3, 0.4) is 0 Å². The number of hydrogen-bond acceptors (Lipinski definition) is 7. The lowest BCUT2D eigenvalue weighted by atomic mass is 10.2. The Morgan fingerprint density at radius 3 is 2.50 bits per heavy atom. The van der Waals surface area contributed by atoms with Crippen molar-refractivity contribution in [3.63, 3.8) is 0 Å². The number of ether oxygens (including phenoxy) is 2. The Kier molecular flexibility index (Phi) is 5.12. The van der Waals surface area contributed by atoms with E-state index in [-0.39, 0.29) is 45.1 Å². The highest BCUT2D eigenvalue weighted by molar-refractivity contribution is 7.88. The molecule has 11 nitrogen and oxygen atoms in total. The second kappa shape index (κ2) is 7.61. The molecule has 0 spiro atoms. The molecule has 1 fully saturated rings. The van der Waals surface area contributed by atoms with E-state index in [0.29, 0.717) is 17.1 Å². The van der Waals surface area contributed by atoms with Crippen molar-refractivity contribution in [1.82, 2.24) is 18.8 Å². The molecule has 3 heterocycles. The first-order chi connectivity index (χ1) is 14.2. The standard InChI is InChI=1S/C18H20N4O7S/c1-30(26,27)21-6-4-20(5-7-21)16(23)13-9-19-18(25)22(17(13)24)10-12-2-3-14-15(8-12)29-11-28-14/h2-3,8-9H,4-7,10-11H2,1H3,(H,19,25). The predicted octanol–water partition coefficient (Wildman–Crippen LogP) is -0.969. The van der Waals surface area contributed by atoms with Crippen LogP contribution >= 0.6 is 0 Å². The zero-order valence-electron chi connectivity index (χ0n) is 16.2. The third-order valence-electron chi connectivity index (χ3n) is 5.06. The van der Waals surface area contributed by atoms with E-state index < -0.39 is 27.2 Å². The van der Waals surface area contributed by atoms with Crippen LogP contribution in [0.5, 0.6) is 11.5 Å². The molecule has 1 saturated heterocycles. The van der Waals surface area contributed by atoms with E-state index in [2.05, 4.69) is 4.98 Å². The summed E-state index contributed by atoms with van der Waals surface area (Å²) in [4.78, 5) is 41.8. The molecule has 0 saturated carbocycles. The minimum Gasteiger partial charge on any atom is -0.454 e. The van der Waals surface area contributed by atoms with Crippen LogP contribution in [0.25, 0.3) is 0 Å². The van der Waals surface area contributed by atoms with Crippen molar-refractivity contribution in [1.29, 1.82) is 0 Å². The fourth-order valence-corrected chi connectivity index (χ4v) is 4.25. The summed E-state index contributed by atoms with van der Waals surface area (Å²) < 4.78 is 36.0. The first kappa shape index (κ1) is 20.2. The lowest BCUT2D eigenvalue weighted by Gasteiger charge is -2.33. The van der Waals surface area contributed by atoms with Crippen molar-refractivity contribution < 1.29 is 22.7 Å². The van der Waals surface area contributed by atoms with Crippen LogP contribution < -0.4 is 20.7 Å². The highest BCUT2D eigenvalue weighted by Gasteiger charge is 2.28. The molecule has 0 bridgehead atoms. The van der Waals surface area contributed by atoms with Crippen LogP contribution in [0.2, 0.25) is 0 Å². The van der Waals surface area contributed by atoms with Crippen LogP contribution in [0.15, 0.2) is 34.0 Å². The van der Waals surface area contributed by atoms with Gasteiger partial charge in [-0.1, -0.05) is 6.07 Å². The van der Waals surface area contributed by atoms with Gasteiger partial charge in [-0.15, -0.1) is 0 Å². The molecular weight excluding hydrogens is 416 g/mol. The number of piperazine rings is 1. The summed E-state index contributed by atoms with van der Waals surface area (Å²) in [5.74, 6) is 0.550. The van der Waals surface area contributed by atoms with Crippen molar-refractivity contribution in [2.24, 2.45) is 0 Å². The first-order valence-corrected chi connectivity index (χ1v) is 11.0. The Morgan fingerprint density at radius 1 is 1.10 bits per heavy atom. The van der Waals surface area contributed by atoms with E-state index in [0.717, 1.165) is 17.0 Å². The Hall–Kier alpha value is -3.12. The Labute approximate surface area is 171 Å². The number of carbonyl (C=O) groups is 1. The van der Waals surface area contributed by atoms with E-state index in [9.17, 15) is 22.8 Å². The molecule has 2 aliphatic rings. The van der Waals surface area contributed by atoms with Gasteiger partial charge in [0, 0.05) is 32.4 Å². The molecule has 0 unspecified atom stereocenters. The fourth-order valence-electron chi connectivity index (χ4n) is 3.42. The number of H-pyrrole nitrogens is 1. The highest BCUT2D eigenvalue weighted by atomic mass is 32.2. The summed E-state index contributed by atoms with van der Waals surface area (Å²) in [6.45, 7) is 0.682. The van der Waals surface area contributed by atoms with Gasteiger partial charge in [0.2, 0.25) is 16.8 Å². The van der Waals surface area contributed by atoms with Gasteiger partial charge < -0.3 is 19.4 Å². The third-order valence-corrected chi connectivity index (χ3v) is 6.37. The van der Waals surface area contributed by atoms with Gasteiger partial charge in [-0.25, -0.2) is 13.2 Å². The van der Waals surface area contributed by atoms with Gasteiger partial charge in [0.1, 0.15) is 5.56 Å². The maximum Gasteiger partial charge on any atom is 0.328 e. The highest BCUT2D eigenvalue weighted by Crippen LogP contribution is 2.32. The minimum atomic E-state index is -3.34. The van der Waals surface area contributed by atoms with Gasteiger partial charge >= 0.3 is 5.69 Å². The van der Waals surface area contributed by atoms with E-state index >= 15 is 0 Å². The minimum absolute atomic E-state index is 0.0478. The molecule has 1 N–H and O–H groups in total. The number of hydrogen-bond donors (Lipinski definition) is 1. The van der Waals surface area contributed by atoms with Gasteiger partial charge in [0.15, 0.2) is 11.5 Å². The Morgan fingerprint density at radius 2 is 1.80 bits per heavy atom. The average molecular weight is 436 g/mol. The van der Waals surface area contributed by atoms with Crippen LogP contribution in [-0.2, 0) is 16.6 Å². The number of nitrogens with one attached hydrogen (secondary N) is 1. The van der Waals surface area contributed by atoms with Crippen molar-refractivity contribution in [3.8, 4) is 11.5 Å². The number of amides is 1. The van der Waals surface area contributed by atoms with Gasteiger partial charge in [-0.05, 0) is 17.7 Å².